The first-order valence-corrected chi connectivity index (χ1v) is 8.01. The Hall–Kier alpha value is -1.62. The summed E-state index contributed by atoms with van der Waals surface area (Å²) in [4.78, 5) is 6.63. The number of aliphatic imine (C=N–C) groups is 1. The highest BCUT2D eigenvalue weighted by Crippen LogP contribution is 2.26. The van der Waals surface area contributed by atoms with E-state index in [1.807, 2.05) is 12.1 Å². The van der Waals surface area contributed by atoms with Crippen molar-refractivity contribution in [1.82, 2.24) is 15.5 Å². The molecule has 1 aliphatic rings. The van der Waals surface area contributed by atoms with Gasteiger partial charge in [-0.05, 0) is 44.9 Å². The second kappa shape index (κ2) is 8.13. The molecule has 0 heterocycles. The summed E-state index contributed by atoms with van der Waals surface area (Å²) in [5, 5.41) is 6.58. The Bertz CT molecular complexity index is 499. The lowest BCUT2D eigenvalue weighted by molar-refractivity contribution is 0.247. The van der Waals surface area contributed by atoms with Crippen LogP contribution in [0.15, 0.2) is 29.3 Å². The smallest absolute Gasteiger partial charge is 0.191 e. The Morgan fingerprint density at radius 2 is 2.09 bits per heavy atom. The van der Waals surface area contributed by atoms with Gasteiger partial charge in [0.2, 0.25) is 0 Å². The quantitative estimate of drug-likeness (QED) is 0.598. The summed E-state index contributed by atoms with van der Waals surface area (Å²) < 4.78 is 13.5. The lowest BCUT2D eigenvalue weighted by Gasteiger charge is -2.25. The van der Waals surface area contributed by atoms with Crippen molar-refractivity contribution in [3.05, 3.63) is 35.6 Å². The van der Waals surface area contributed by atoms with Crippen molar-refractivity contribution in [1.29, 1.82) is 0 Å². The first-order valence-electron chi connectivity index (χ1n) is 8.01. The van der Waals surface area contributed by atoms with Crippen LogP contribution in [-0.4, -0.2) is 50.1 Å². The fraction of sp³-hybridized carbons (Fsp3) is 0.588. The van der Waals surface area contributed by atoms with Crippen molar-refractivity contribution in [2.75, 3.05) is 27.2 Å². The molecular weight excluding hydrogens is 279 g/mol. The predicted molar refractivity (Wildman–Crippen MR) is 89.7 cm³/mol. The number of halogens is 1. The fourth-order valence-corrected chi connectivity index (χ4v) is 2.47. The molecule has 1 fully saturated rings. The molecule has 0 radical (unpaired) electrons. The molecule has 22 heavy (non-hydrogen) atoms. The standard InChI is InChI=1S/C17H27FN4/c1-13(22(3)15-8-9-15)12-21-17(19-2)20-11-10-14-6-4-5-7-16(14)18/h4-7,13,15H,8-12H2,1-3H3,(H2,19,20,21). The number of rotatable bonds is 7. The van der Waals surface area contributed by atoms with Crippen LogP contribution in [0.2, 0.25) is 0 Å². The van der Waals surface area contributed by atoms with Gasteiger partial charge in [-0.15, -0.1) is 0 Å². The van der Waals surface area contributed by atoms with Crippen molar-refractivity contribution in [2.45, 2.75) is 38.3 Å². The summed E-state index contributed by atoms with van der Waals surface area (Å²) in [5.74, 6) is 0.624. The molecule has 4 nitrogen and oxygen atoms in total. The maximum absolute atomic E-state index is 13.5. The SMILES string of the molecule is CN=C(NCCc1ccccc1F)NCC(C)N(C)C1CC1. The Morgan fingerprint density at radius 1 is 1.36 bits per heavy atom. The average Bonchev–Trinajstić information content (AvgIpc) is 3.36. The third-order valence-corrected chi connectivity index (χ3v) is 4.25. The van der Waals surface area contributed by atoms with Gasteiger partial charge >= 0.3 is 0 Å². The van der Waals surface area contributed by atoms with E-state index >= 15 is 0 Å². The van der Waals surface area contributed by atoms with Crippen LogP contribution < -0.4 is 10.6 Å². The molecule has 1 unspecified atom stereocenters. The number of benzene rings is 1. The van der Waals surface area contributed by atoms with Gasteiger partial charge in [-0.1, -0.05) is 18.2 Å². The average molecular weight is 306 g/mol. The van der Waals surface area contributed by atoms with E-state index in [2.05, 4.69) is 34.5 Å². The van der Waals surface area contributed by atoms with Crippen LogP contribution in [0.25, 0.3) is 0 Å². The zero-order valence-electron chi connectivity index (χ0n) is 13.8. The van der Waals surface area contributed by atoms with Gasteiger partial charge in [-0.2, -0.15) is 0 Å². The van der Waals surface area contributed by atoms with Crippen LogP contribution in [0.1, 0.15) is 25.3 Å². The van der Waals surface area contributed by atoms with Crippen molar-refractivity contribution in [3.8, 4) is 0 Å². The van der Waals surface area contributed by atoms with Crippen LogP contribution in [0.3, 0.4) is 0 Å². The minimum absolute atomic E-state index is 0.146. The normalized spacial score (nSPS) is 16.7. The number of hydrogen-bond acceptors (Lipinski definition) is 2. The Labute approximate surface area is 132 Å². The van der Waals surface area contributed by atoms with E-state index in [0.29, 0.717) is 19.0 Å². The minimum atomic E-state index is -0.146. The van der Waals surface area contributed by atoms with Crippen LogP contribution in [0, 0.1) is 5.82 Å². The van der Waals surface area contributed by atoms with Gasteiger partial charge in [0.15, 0.2) is 5.96 Å². The van der Waals surface area contributed by atoms with Crippen molar-refractivity contribution in [3.63, 3.8) is 0 Å². The van der Waals surface area contributed by atoms with E-state index < -0.39 is 0 Å². The monoisotopic (exact) mass is 306 g/mol. The summed E-state index contributed by atoms with van der Waals surface area (Å²) in [5.41, 5.74) is 0.729. The Morgan fingerprint density at radius 3 is 2.73 bits per heavy atom. The molecule has 5 heteroatoms. The van der Waals surface area contributed by atoms with Gasteiger partial charge in [-0.3, -0.25) is 9.89 Å². The predicted octanol–water partition coefficient (Wildman–Crippen LogP) is 2.02. The first kappa shape index (κ1) is 16.7. The molecule has 1 atom stereocenters. The third kappa shape index (κ3) is 4.98. The van der Waals surface area contributed by atoms with E-state index in [4.69, 9.17) is 0 Å². The van der Waals surface area contributed by atoms with E-state index in [9.17, 15) is 4.39 Å². The Balaban J connectivity index is 1.70. The van der Waals surface area contributed by atoms with E-state index in [1.165, 1.54) is 18.9 Å². The maximum Gasteiger partial charge on any atom is 0.191 e. The third-order valence-electron chi connectivity index (χ3n) is 4.25. The van der Waals surface area contributed by atoms with Gasteiger partial charge < -0.3 is 10.6 Å². The molecule has 1 aliphatic carbocycles. The molecule has 0 bridgehead atoms. The molecule has 122 valence electrons. The first-order chi connectivity index (χ1) is 10.6. The largest absolute Gasteiger partial charge is 0.356 e. The van der Waals surface area contributed by atoms with Crippen LogP contribution in [0.4, 0.5) is 4.39 Å². The molecule has 1 aromatic rings. The number of nitrogens with zero attached hydrogens (tertiary/aromatic N) is 2. The number of hydrogen-bond donors (Lipinski definition) is 2. The summed E-state index contributed by atoms with van der Waals surface area (Å²) in [6.07, 6.45) is 3.28. The van der Waals surface area contributed by atoms with Gasteiger partial charge in [-0.25, -0.2) is 4.39 Å². The lowest BCUT2D eigenvalue weighted by atomic mass is 10.1. The minimum Gasteiger partial charge on any atom is -0.356 e. The second-order valence-electron chi connectivity index (χ2n) is 5.97. The zero-order valence-corrected chi connectivity index (χ0v) is 13.8. The molecule has 0 aromatic heterocycles. The lowest BCUT2D eigenvalue weighted by Crippen LogP contribution is -2.45. The summed E-state index contributed by atoms with van der Waals surface area (Å²) >= 11 is 0. The van der Waals surface area contributed by atoms with E-state index in [0.717, 1.165) is 24.1 Å². The molecule has 0 amide bonds. The van der Waals surface area contributed by atoms with Crippen LogP contribution in [-0.2, 0) is 6.42 Å². The van der Waals surface area contributed by atoms with E-state index in [1.54, 1.807) is 13.1 Å². The molecule has 0 aliphatic heterocycles. The highest BCUT2D eigenvalue weighted by molar-refractivity contribution is 5.79. The van der Waals surface area contributed by atoms with Crippen molar-refractivity contribution in [2.24, 2.45) is 4.99 Å². The molecule has 0 saturated heterocycles. The maximum atomic E-state index is 13.5. The van der Waals surface area contributed by atoms with Gasteiger partial charge in [0.05, 0.1) is 0 Å². The molecule has 1 aromatic carbocycles. The number of nitrogens with one attached hydrogen (secondary N) is 2. The molecule has 1 saturated carbocycles. The molecule has 2 rings (SSSR count). The van der Waals surface area contributed by atoms with Crippen molar-refractivity contribution < 1.29 is 4.39 Å². The van der Waals surface area contributed by atoms with Gasteiger partial charge in [0, 0.05) is 32.2 Å². The highest BCUT2D eigenvalue weighted by Gasteiger charge is 2.28. The molecule has 2 N–H and O–H groups in total. The van der Waals surface area contributed by atoms with Crippen LogP contribution >= 0.6 is 0 Å². The van der Waals surface area contributed by atoms with Gasteiger partial charge in [0.25, 0.3) is 0 Å². The van der Waals surface area contributed by atoms with E-state index in [-0.39, 0.29) is 5.82 Å². The number of guanidine groups is 1. The van der Waals surface area contributed by atoms with Gasteiger partial charge in [0.1, 0.15) is 5.82 Å². The fourth-order valence-electron chi connectivity index (χ4n) is 2.47. The van der Waals surface area contributed by atoms with Crippen LogP contribution in [0.5, 0.6) is 0 Å². The zero-order chi connectivity index (χ0) is 15.9. The topological polar surface area (TPSA) is 39.7 Å². The highest BCUT2D eigenvalue weighted by atomic mass is 19.1. The number of likely N-dealkylation sites (N-methyl/N-ethyl adjacent to an activating group) is 1. The second-order valence-corrected chi connectivity index (χ2v) is 5.97. The molecular formula is C17H27FN4. The molecule has 0 spiro atoms. The Kier molecular flexibility index (Phi) is 6.19. The summed E-state index contributed by atoms with van der Waals surface area (Å²) in [7, 11) is 3.94. The summed E-state index contributed by atoms with van der Waals surface area (Å²) in [6, 6.07) is 8.12. The summed E-state index contributed by atoms with van der Waals surface area (Å²) in [6.45, 7) is 3.73. The van der Waals surface area contributed by atoms with Crippen molar-refractivity contribution >= 4 is 5.96 Å².